The van der Waals surface area contributed by atoms with Gasteiger partial charge in [0.05, 0.1) is 0 Å². The summed E-state index contributed by atoms with van der Waals surface area (Å²) in [6.07, 6.45) is 0. The normalized spacial score (nSPS) is 2.40. The third-order valence-corrected chi connectivity index (χ3v) is 0. The van der Waals surface area contributed by atoms with Gasteiger partial charge in [-0.1, -0.05) is 0 Å². The molecule has 0 aliphatic rings. The second-order valence-electron chi connectivity index (χ2n) is 0. The number of rotatable bonds is 0. The Balaban J connectivity index is -0.0000000133. The SMILES string of the molecule is [CH2-]C.[CH2-]C.[V+2]. The van der Waals surface area contributed by atoms with Crippen LogP contribution in [0.4, 0.5) is 0 Å². The van der Waals surface area contributed by atoms with Gasteiger partial charge in [-0.05, 0) is 0 Å². The second-order valence-corrected chi connectivity index (χ2v) is 0. The first-order valence-electron chi connectivity index (χ1n) is 1.41. The van der Waals surface area contributed by atoms with Crippen molar-refractivity contribution in [2.75, 3.05) is 0 Å². The van der Waals surface area contributed by atoms with Crippen molar-refractivity contribution in [1.29, 1.82) is 0 Å². The van der Waals surface area contributed by atoms with Gasteiger partial charge in [-0.25, -0.2) is 0 Å². The number of hydrogen-bond donors (Lipinski definition) is 0. The van der Waals surface area contributed by atoms with Crippen LogP contribution in [-0.2, 0) is 18.6 Å². The van der Waals surface area contributed by atoms with Crippen LogP contribution in [0.25, 0.3) is 0 Å². The fourth-order valence-electron chi connectivity index (χ4n) is 0. The zero-order valence-electron chi connectivity index (χ0n) is 3.86. The van der Waals surface area contributed by atoms with Crippen molar-refractivity contribution in [3.05, 3.63) is 13.8 Å². The van der Waals surface area contributed by atoms with Gasteiger partial charge in [0, 0.05) is 0 Å². The maximum atomic E-state index is 3.25. The minimum Gasteiger partial charge on any atom is -0.346 e. The molecule has 0 aromatic carbocycles. The standard InChI is InChI=1S/2C2H5.V/c2*1-2;/h2*1H2,2H3;/q2*-1;+2. The third kappa shape index (κ3) is 89.7. The molecular weight excluding hydrogens is 99.0 g/mol. The van der Waals surface area contributed by atoms with Gasteiger partial charge in [0.25, 0.3) is 0 Å². The van der Waals surface area contributed by atoms with E-state index in [1.165, 1.54) is 0 Å². The maximum Gasteiger partial charge on any atom is 2.00 e. The molecule has 0 atom stereocenters. The molecule has 0 aliphatic heterocycles. The summed E-state index contributed by atoms with van der Waals surface area (Å²) in [6.45, 7) is 10.0. The minimum absolute atomic E-state index is 0. The van der Waals surface area contributed by atoms with Crippen LogP contribution >= 0.6 is 0 Å². The summed E-state index contributed by atoms with van der Waals surface area (Å²) in [5.74, 6) is 0. The fourth-order valence-corrected chi connectivity index (χ4v) is 0. The molecule has 1 heteroatoms. The molecule has 0 spiro atoms. The van der Waals surface area contributed by atoms with Gasteiger partial charge in [-0.15, -0.1) is 0 Å². The van der Waals surface area contributed by atoms with Crippen molar-refractivity contribution in [3.8, 4) is 0 Å². The van der Waals surface area contributed by atoms with Crippen molar-refractivity contribution in [2.45, 2.75) is 13.8 Å². The summed E-state index contributed by atoms with van der Waals surface area (Å²) >= 11 is 0. The van der Waals surface area contributed by atoms with Gasteiger partial charge in [-0.2, -0.15) is 13.8 Å². The molecule has 0 N–H and O–H groups in total. The van der Waals surface area contributed by atoms with E-state index in [4.69, 9.17) is 0 Å². The summed E-state index contributed by atoms with van der Waals surface area (Å²) < 4.78 is 0. The van der Waals surface area contributed by atoms with Gasteiger partial charge in [0.15, 0.2) is 0 Å². The summed E-state index contributed by atoms with van der Waals surface area (Å²) in [5, 5.41) is 0. The van der Waals surface area contributed by atoms with Gasteiger partial charge < -0.3 is 13.8 Å². The molecule has 0 heterocycles. The Hall–Kier alpha value is 0.584. The summed E-state index contributed by atoms with van der Waals surface area (Å²) in [7, 11) is 0. The van der Waals surface area contributed by atoms with E-state index in [0.29, 0.717) is 0 Å². The molecule has 5 heavy (non-hydrogen) atoms. The Morgan fingerprint density at radius 2 is 0.800 bits per heavy atom. The topological polar surface area (TPSA) is 0 Å². The Bertz CT molecular complexity index is 3.61. The zero-order chi connectivity index (χ0) is 4.00. The Morgan fingerprint density at radius 1 is 0.800 bits per heavy atom. The predicted octanol–water partition coefficient (Wildman–Crippen LogP) is 1.68. The largest absolute Gasteiger partial charge is 2.00 e. The van der Waals surface area contributed by atoms with E-state index in [1.54, 1.807) is 13.8 Å². The van der Waals surface area contributed by atoms with Gasteiger partial charge in [0.2, 0.25) is 0 Å². The summed E-state index contributed by atoms with van der Waals surface area (Å²) in [5.41, 5.74) is 0. The first kappa shape index (κ1) is 17.6. The molecular formula is C4H10V. The van der Waals surface area contributed by atoms with Crippen LogP contribution in [0, 0.1) is 13.8 Å². The fraction of sp³-hybridized carbons (Fsp3) is 0.500. The molecule has 0 aromatic rings. The van der Waals surface area contributed by atoms with Gasteiger partial charge in [0.1, 0.15) is 0 Å². The number of hydrogen-bond acceptors (Lipinski definition) is 0. The third-order valence-electron chi connectivity index (χ3n) is 0. The molecule has 31 valence electrons. The molecule has 1 radical (unpaired) electrons. The van der Waals surface area contributed by atoms with Crippen molar-refractivity contribution < 1.29 is 18.6 Å². The molecule has 0 saturated carbocycles. The molecule has 0 unspecified atom stereocenters. The molecule has 0 fully saturated rings. The molecule has 0 rings (SSSR count). The quantitative estimate of drug-likeness (QED) is 0.415. The monoisotopic (exact) mass is 109 g/mol. The first-order valence-corrected chi connectivity index (χ1v) is 1.41. The van der Waals surface area contributed by atoms with Crippen LogP contribution in [0.1, 0.15) is 13.8 Å². The molecule has 0 saturated heterocycles. The van der Waals surface area contributed by atoms with E-state index in [9.17, 15) is 0 Å². The zero-order valence-corrected chi connectivity index (χ0v) is 5.26. The molecule has 0 nitrogen and oxygen atoms in total. The van der Waals surface area contributed by atoms with E-state index in [0.717, 1.165) is 0 Å². The van der Waals surface area contributed by atoms with E-state index in [2.05, 4.69) is 13.8 Å². The van der Waals surface area contributed by atoms with Crippen molar-refractivity contribution in [2.24, 2.45) is 0 Å². The average molecular weight is 109 g/mol. The molecule has 0 bridgehead atoms. The molecule has 0 aliphatic carbocycles. The van der Waals surface area contributed by atoms with Crippen LogP contribution < -0.4 is 0 Å². The molecule has 0 amide bonds. The van der Waals surface area contributed by atoms with Crippen LogP contribution in [0.3, 0.4) is 0 Å². The average Bonchev–Trinajstić information content (AvgIpc) is 1.50. The van der Waals surface area contributed by atoms with E-state index < -0.39 is 0 Å². The maximum absolute atomic E-state index is 3.25. The van der Waals surface area contributed by atoms with Crippen LogP contribution in [0.15, 0.2) is 0 Å². The van der Waals surface area contributed by atoms with E-state index in [-0.39, 0.29) is 18.6 Å². The predicted molar refractivity (Wildman–Crippen MR) is 22.1 cm³/mol. The van der Waals surface area contributed by atoms with Crippen LogP contribution in [0.5, 0.6) is 0 Å². The van der Waals surface area contributed by atoms with E-state index in [1.807, 2.05) is 0 Å². The Kier molecular flexibility index (Phi) is 606. The second kappa shape index (κ2) is 172. The van der Waals surface area contributed by atoms with Crippen LogP contribution in [-0.4, -0.2) is 0 Å². The van der Waals surface area contributed by atoms with Crippen molar-refractivity contribution in [3.63, 3.8) is 0 Å². The van der Waals surface area contributed by atoms with Gasteiger partial charge in [-0.3, -0.25) is 0 Å². The first-order chi connectivity index (χ1) is 2.00. The summed E-state index contributed by atoms with van der Waals surface area (Å²) in [6, 6.07) is 0. The minimum atomic E-state index is 0. The van der Waals surface area contributed by atoms with Gasteiger partial charge >= 0.3 is 18.6 Å². The molecule has 0 aromatic heterocycles. The summed E-state index contributed by atoms with van der Waals surface area (Å²) in [4.78, 5) is 0. The van der Waals surface area contributed by atoms with Crippen LogP contribution in [0.2, 0.25) is 0 Å². The van der Waals surface area contributed by atoms with E-state index >= 15 is 0 Å². The Morgan fingerprint density at radius 3 is 0.800 bits per heavy atom. The smallest absolute Gasteiger partial charge is 0.346 e. The Labute approximate surface area is 46.8 Å². The van der Waals surface area contributed by atoms with Crippen molar-refractivity contribution in [1.82, 2.24) is 0 Å². The van der Waals surface area contributed by atoms with Crippen molar-refractivity contribution >= 4 is 0 Å².